The minimum absolute atomic E-state index is 0.254. The van der Waals surface area contributed by atoms with Gasteiger partial charge in [0.1, 0.15) is 0 Å². The van der Waals surface area contributed by atoms with Crippen molar-refractivity contribution >= 4 is 11.4 Å². The molecule has 1 aromatic heterocycles. The zero-order valence-electron chi connectivity index (χ0n) is 4.01. The van der Waals surface area contributed by atoms with Crippen LogP contribution in [0.15, 0.2) is 0 Å². The van der Waals surface area contributed by atoms with Gasteiger partial charge in [0.15, 0.2) is 0 Å². The minimum Gasteiger partial charge on any atom is -0.338 e. The van der Waals surface area contributed by atoms with Gasteiger partial charge in [-0.05, 0) is 5.21 Å². The fraction of sp³-hybridized carbons (Fsp3) is 0. The molecule has 1 aromatic rings. The van der Waals surface area contributed by atoms with E-state index >= 15 is 0 Å². The Balaban J connectivity index is 2.58. The standard InChI is InChI=1S/CH2N4O3S/c6-9(7)8-1-2-4-5-3-1/h(H,6,7)(H,2,3,4,5). The summed E-state index contributed by atoms with van der Waals surface area (Å²) in [5, 5.41) is 11.6. The van der Waals surface area contributed by atoms with E-state index in [-0.39, 0.29) is 6.01 Å². The number of nitrogens with zero attached hydrogens (tertiary/aromatic N) is 3. The first-order valence-corrected chi connectivity index (χ1v) is 2.85. The average molecular weight is 150 g/mol. The van der Waals surface area contributed by atoms with E-state index in [0.29, 0.717) is 0 Å². The molecular formula is CH2N4O3S. The molecule has 0 aliphatic carbocycles. The summed E-state index contributed by atoms with van der Waals surface area (Å²) in [6.07, 6.45) is 0. The van der Waals surface area contributed by atoms with Gasteiger partial charge in [0.2, 0.25) is 0 Å². The second-order valence-corrected chi connectivity index (χ2v) is 1.60. The molecule has 1 rings (SSSR count). The minimum atomic E-state index is -2.38. The molecule has 0 fully saturated rings. The molecule has 50 valence electrons. The molecule has 1 heterocycles. The summed E-state index contributed by atoms with van der Waals surface area (Å²) in [5.41, 5.74) is 0. The number of rotatable bonds is 2. The first-order valence-electron chi connectivity index (χ1n) is 1.81. The zero-order chi connectivity index (χ0) is 6.69. The maximum atomic E-state index is 9.83. The number of nitrogens with one attached hydrogen (secondary N) is 1. The highest BCUT2D eigenvalue weighted by Gasteiger charge is 2.00. The van der Waals surface area contributed by atoms with E-state index in [4.69, 9.17) is 4.55 Å². The summed E-state index contributed by atoms with van der Waals surface area (Å²) in [6, 6.07) is -0.254. The third-order valence-electron chi connectivity index (χ3n) is 0.472. The summed E-state index contributed by atoms with van der Waals surface area (Å²) in [6.45, 7) is 0. The van der Waals surface area contributed by atoms with E-state index in [0.717, 1.165) is 0 Å². The summed E-state index contributed by atoms with van der Waals surface area (Å²) < 4.78 is 22.0. The number of tetrazole rings is 1. The molecule has 7 nitrogen and oxygen atoms in total. The van der Waals surface area contributed by atoms with Crippen LogP contribution in [0.3, 0.4) is 0 Å². The van der Waals surface area contributed by atoms with Gasteiger partial charge in [0.25, 0.3) is 0 Å². The Morgan fingerprint density at radius 3 is 3.00 bits per heavy atom. The van der Waals surface area contributed by atoms with Crippen LogP contribution < -0.4 is 4.18 Å². The van der Waals surface area contributed by atoms with Gasteiger partial charge in [-0.1, -0.05) is 10.2 Å². The second-order valence-electron chi connectivity index (χ2n) is 0.995. The summed E-state index contributed by atoms with van der Waals surface area (Å²) in [7, 11) is 0. The first kappa shape index (κ1) is 6.11. The van der Waals surface area contributed by atoms with Crippen LogP contribution in [0.2, 0.25) is 0 Å². The Hall–Kier alpha value is -1.02. The van der Waals surface area contributed by atoms with Crippen LogP contribution in [0.25, 0.3) is 0 Å². The van der Waals surface area contributed by atoms with Crippen LogP contribution in [0.5, 0.6) is 6.01 Å². The molecule has 9 heavy (non-hydrogen) atoms. The lowest BCUT2D eigenvalue weighted by molar-refractivity contribution is 0.440. The molecule has 0 aromatic carbocycles. The fourth-order valence-electron chi connectivity index (χ4n) is 0.252. The van der Waals surface area contributed by atoms with Crippen molar-refractivity contribution < 1.29 is 12.9 Å². The quantitative estimate of drug-likeness (QED) is 0.509. The van der Waals surface area contributed by atoms with Crippen molar-refractivity contribution in [1.29, 1.82) is 0 Å². The molecule has 0 aliphatic rings. The zero-order valence-corrected chi connectivity index (χ0v) is 4.83. The monoisotopic (exact) mass is 150 g/mol. The maximum Gasteiger partial charge on any atom is 0.371 e. The Morgan fingerprint density at radius 2 is 2.56 bits per heavy atom. The molecule has 0 saturated heterocycles. The normalized spacial score (nSPS) is 13.0. The summed E-state index contributed by atoms with van der Waals surface area (Å²) >= 11 is -2.38. The highest BCUT2D eigenvalue weighted by Crippen LogP contribution is 1.93. The third-order valence-corrected chi connectivity index (χ3v) is 0.763. The van der Waals surface area contributed by atoms with E-state index in [9.17, 15) is 4.21 Å². The highest BCUT2D eigenvalue weighted by atomic mass is 32.2. The number of aromatic nitrogens is 4. The van der Waals surface area contributed by atoms with Gasteiger partial charge in [-0.2, -0.15) is 9.42 Å². The van der Waals surface area contributed by atoms with Gasteiger partial charge in [-0.3, -0.25) is 4.55 Å². The maximum absolute atomic E-state index is 9.83. The summed E-state index contributed by atoms with van der Waals surface area (Å²) in [5.74, 6) is 0. The van der Waals surface area contributed by atoms with Crippen LogP contribution >= 0.6 is 0 Å². The molecule has 1 unspecified atom stereocenters. The lowest BCUT2D eigenvalue weighted by Gasteiger charge is -1.86. The third kappa shape index (κ3) is 1.74. The van der Waals surface area contributed by atoms with Gasteiger partial charge in [0, 0.05) is 0 Å². The molecule has 0 radical (unpaired) electrons. The lowest BCUT2D eigenvalue weighted by atomic mass is 11.3. The first-order chi connectivity index (χ1) is 4.29. The molecule has 0 spiro atoms. The van der Waals surface area contributed by atoms with E-state index in [1.807, 2.05) is 0 Å². The van der Waals surface area contributed by atoms with Crippen LogP contribution in [0, 0.1) is 0 Å². The van der Waals surface area contributed by atoms with Crippen molar-refractivity contribution in [1.82, 2.24) is 20.6 Å². The average Bonchev–Trinajstić information content (AvgIpc) is 2.15. The predicted molar refractivity (Wildman–Crippen MR) is 25.6 cm³/mol. The highest BCUT2D eigenvalue weighted by molar-refractivity contribution is 7.74. The van der Waals surface area contributed by atoms with Gasteiger partial charge in [-0.25, -0.2) is 0 Å². The summed E-state index contributed by atoms with van der Waals surface area (Å²) in [4.78, 5) is 0. The van der Waals surface area contributed by atoms with E-state index in [1.165, 1.54) is 0 Å². The molecule has 0 bridgehead atoms. The Bertz CT molecular complexity index is 196. The van der Waals surface area contributed by atoms with E-state index < -0.39 is 11.4 Å². The molecule has 0 saturated carbocycles. The van der Waals surface area contributed by atoms with Crippen molar-refractivity contribution in [2.45, 2.75) is 0 Å². The van der Waals surface area contributed by atoms with Gasteiger partial charge >= 0.3 is 17.4 Å². The number of hydrogen-bond donors (Lipinski definition) is 2. The molecule has 0 amide bonds. The predicted octanol–water partition coefficient (Wildman–Crippen LogP) is -1.28. The molecular weight excluding hydrogens is 148 g/mol. The van der Waals surface area contributed by atoms with Crippen molar-refractivity contribution in [3.8, 4) is 6.01 Å². The van der Waals surface area contributed by atoms with Crippen LogP contribution in [-0.2, 0) is 11.4 Å². The van der Waals surface area contributed by atoms with Gasteiger partial charge < -0.3 is 4.18 Å². The fourth-order valence-corrected chi connectivity index (χ4v) is 0.450. The van der Waals surface area contributed by atoms with Gasteiger partial charge in [0.05, 0.1) is 0 Å². The Kier molecular flexibility index (Phi) is 1.70. The SMILES string of the molecule is O=S(O)Oc1nn[nH]n1. The Labute approximate surface area is 51.9 Å². The number of aromatic amines is 1. The lowest BCUT2D eigenvalue weighted by Crippen LogP contribution is -1.98. The number of H-pyrrole nitrogens is 1. The Morgan fingerprint density at radius 1 is 1.78 bits per heavy atom. The van der Waals surface area contributed by atoms with Crippen molar-refractivity contribution in [2.24, 2.45) is 0 Å². The molecule has 2 N–H and O–H groups in total. The molecule has 1 atom stereocenters. The van der Waals surface area contributed by atoms with Crippen LogP contribution in [0.1, 0.15) is 0 Å². The smallest absolute Gasteiger partial charge is 0.338 e. The van der Waals surface area contributed by atoms with E-state index in [1.54, 1.807) is 0 Å². The topological polar surface area (TPSA) is 101 Å². The van der Waals surface area contributed by atoms with Crippen LogP contribution in [0.4, 0.5) is 0 Å². The van der Waals surface area contributed by atoms with Crippen molar-refractivity contribution in [2.75, 3.05) is 0 Å². The van der Waals surface area contributed by atoms with Crippen molar-refractivity contribution in [3.63, 3.8) is 0 Å². The molecule has 0 aliphatic heterocycles. The van der Waals surface area contributed by atoms with Gasteiger partial charge in [-0.15, -0.1) is 0 Å². The largest absolute Gasteiger partial charge is 0.371 e. The molecule has 8 heteroatoms. The number of hydrogen-bond acceptors (Lipinski definition) is 5. The van der Waals surface area contributed by atoms with Crippen LogP contribution in [-0.4, -0.2) is 29.4 Å². The van der Waals surface area contributed by atoms with E-state index in [2.05, 4.69) is 24.8 Å². The van der Waals surface area contributed by atoms with Crippen molar-refractivity contribution in [3.05, 3.63) is 0 Å². The second kappa shape index (κ2) is 2.51.